The average molecular weight is 241 g/mol. The van der Waals surface area contributed by atoms with E-state index in [1.54, 1.807) is 0 Å². The number of ether oxygens (including phenoxy) is 1. The zero-order chi connectivity index (χ0) is 12.6. The van der Waals surface area contributed by atoms with Crippen molar-refractivity contribution in [2.75, 3.05) is 13.2 Å². The Morgan fingerprint density at radius 2 is 1.94 bits per heavy atom. The Labute approximate surface area is 90.8 Å². The first-order valence-corrected chi connectivity index (χ1v) is 4.76. The van der Waals surface area contributed by atoms with E-state index in [1.807, 2.05) is 0 Å². The first kappa shape index (κ1) is 13.2. The van der Waals surface area contributed by atoms with Crippen LogP contribution in [0.5, 0.6) is 0 Å². The molecule has 4 nitrogen and oxygen atoms in total. The molecule has 0 aromatic carbocycles. The number of alkyl halides is 3. The van der Waals surface area contributed by atoms with Gasteiger partial charge < -0.3 is 15.2 Å². The Morgan fingerprint density at radius 1 is 1.44 bits per heavy atom. The minimum absolute atomic E-state index is 0.161. The summed E-state index contributed by atoms with van der Waals surface area (Å²) >= 11 is 0. The Hall–Kier alpha value is -0.820. The number of morpholine rings is 1. The van der Waals surface area contributed by atoms with E-state index in [0.717, 1.165) is 13.2 Å². The lowest BCUT2D eigenvalue weighted by atomic mass is 9.98. The van der Waals surface area contributed by atoms with Crippen molar-refractivity contribution in [2.45, 2.75) is 37.6 Å². The fraction of sp³-hybridized carbons (Fsp3) is 0.889. The molecule has 0 aliphatic carbocycles. The van der Waals surface area contributed by atoms with Gasteiger partial charge >= 0.3 is 12.1 Å². The maximum Gasteiger partial charge on any atom is 0.490 e. The maximum atomic E-state index is 10.6. The highest BCUT2D eigenvalue weighted by molar-refractivity contribution is 5.73. The number of carboxylic acids is 1. The van der Waals surface area contributed by atoms with Crippen LogP contribution in [0.15, 0.2) is 0 Å². The standard InChI is InChI=1S/C7H13NO.C2HF3O2/c1-6-3-7(2,4-8-6)9-5-6;3-2(4,5)1(6)7/h8H,3-5H2,1-2H3;(H,6,7). The molecule has 2 rings (SSSR count). The topological polar surface area (TPSA) is 58.6 Å². The zero-order valence-corrected chi connectivity index (χ0v) is 9.02. The number of halogens is 3. The molecule has 0 aromatic heterocycles. The second kappa shape index (κ2) is 3.89. The number of carbonyl (C=O) groups is 1. The number of rotatable bonds is 0. The summed E-state index contributed by atoms with van der Waals surface area (Å²) in [6.45, 7) is 6.33. The summed E-state index contributed by atoms with van der Waals surface area (Å²) in [4.78, 5) is 8.90. The molecule has 0 amide bonds. The number of nitrogens with one attached hydrogen (secondary N) is 1. The van der Waals surface area contributed by atoms with Crippen molar-refractivity contribution >= 4 is 5.97 Å². The third-order valence-corrected chi connectivity index (χ3v) is 2.63. The van der Waals surface area contributed by atoms with E-state index in [1.165, 1.54) is 6.42 Å². The lowest BCUT2D eigenvalue weighted by Crippen LogP contribution is -2.43. The van der Waals surface area contributed by atoms with Crippen molar-refractivity contribution in [3.8, 4) is 0 Å². The number of aliphatic carboxylic acids is 1. The van der Waals surface area contributed by atoms with Gasteiger partial charge in [-0.3, -0.25) is 0 Å². The van der Waals surface area contributed by atoms with Gasteiger partial charge in [-0.15, -0.1) is 0 Å². The van der Waals surface area contributed by atoms with E-state index >= 15 is 0 Å². The summed E-state index contributed by atoms with van der Waals surface area (Å²) in [5.74, 6) is -2.76. The fourth-order valence-electron chi connectivity index (χ4n) is 1.89. The lowest BCUT2D eigenvalue weighted by Gasteiger charge is -2.24. The van der Waals surface area contributed by atoms with Crippen LogP contribution in [0.25, 0.3) is 0 Å². The Bertz CT molecular complexity index is 266. The summed E-state index contributed by atoms with van der Waals surface area (Å²) in [6.07, 6.45) is -3.90. The summed E-state index contributed by atoms with van der Waals surface area (Å²) in [6, 6.07) is 0. The summed E-state index contributed by atoms with van der Waals surface area (Å²) in [5.41, 5.74) is 0.462. The Morgan fingerprint density at radius 3 is 2.00 bits per heavy atom. The van der Waals surface area contributed by atoms with Crippen molar-refractivity contribution in [1.82, 2.24) is 5.32 Å². The van der Waals surface area contributed by atoms with Crippen molar-refractivity contribution in [3.05, 3.63) is 0 Å². The van der Waals surface area contributed by atoms with Gasteiger partial charge in [-0.2, -0.15) is 13.2 Å². The number of hydrogen-bond donors (Lipinski definition) is 2. The average Bonchev–Trinajstić information content (AvgIpc) is 2.55. The molecular weight excluding hydrogens is 227 g/mol. The summed E-state index contributed by atoms with van der Waals surface area (Å²) in [7, 11) is 0. The van der Waals surface area contributed by atoms with Crippen LogP contribution < -0.4 is 5.32 Å². The number of hydrogen-bond acceptors (Lipinski definition) is 3. The monoisotopic (exact) mass is 241 g/mol. The molecule has 0 spiro atoms. The van der Waals surface area contributed by atoms with Crippen molar-refractivity contribution < 1.29 is 27.8 Å². The predicted octanol–water partition coefficient (Wildman–Crippen LogP) is 1.16. The van der Waals surface area contributed by atoms with Gasteiger partial charge in [-0.25, -0.2) is 4.79 Å². The second-order valence-corrected chi connectivity index (χ2v) is 4.63. The third kappa shape index (κ3) is 3.08. The molecule has 2 bridgehead atoms. The molecule has 2 N–H and O–H groups in total. The van der Waals surface area contributed by atoms with Gasteiger partial charge in [0, 0.05) is 12.1 Å². The van der Waals surface area contributed by atoms with E-state index in [9.17, 15) is 13.2 Å². The maximum absolute atomic E-state index is 10.6. The summed E-state index contributed by atoms with van der Waals surface area (Å²) < 4.78 is 37.3. The minimum atomic E-state index is -5.08. The van der Waals surface area contributed by atoms with E-state index in [2.05, 4.69) is 19.2 Å². The van der Waals surface area contributed by atoms with Crippen LogP contribution in [0.2, 0.25) is 0 Å². The molecule has 2 fully saturated rings. The molecule has 16 heavy (non-hydrogen) atoms. The van der Waals surface area contributed by atoms with Crippen LogP contribution >= 0.6 is 0 Å². The smallest absolute Gasteiger partial charge is 0.475 e. The molecular formula is C9H14F3NO3. The molecule has 7 heteroatoms. The molecule has 2 atom stereocenters. The SMILES string of the molecule is CC12COC(C)(CN1)C2.O=C(O)C(F)(F)F. The van der Waals surface area contributed by atoms with Gasteiger partial charge in [0.15, 0.2) is 0 Å². The van der Waals surface area contributed by atoms with Crippen LogP contribution in [0.3, 0.4) is 0 Å². The van der Waals surface area contributed by atoms with Gasteiger partial charge in [0.05, 0.1) is 12.2 Å². The van der Waals surface area contributed by atoms with Crippen LogP contribution in [0, 0.1) is 0 Å². The van der Waals surface area contributed by atoms with Crippen molar-refractivity contribution in [1.29, 1.82) is 0 Å². The van der Waals surface area contributed by atoms with Crippen LogP contribution in [-0.4, -0.2) is 41.5 Å². The normalized spacial score (nSPS) is 36.8. The fourth-order valence-corrected chi connectivity index (χ4v) is 1.89. The van der Waals surface area contributed by atoms with E-state index < -0.39 is 12.1 Å². The van der Waals surface area contributed by atoms with Gasteiger partial charge in [0.1, 0.15) is 0 Å². The highest BCUT2D eigenvalue weighted by Crippen LogP contribution is 2.37. The molecule has 0 radical (unpaired) electrons. The van der Waals surface area contributed by atoms with E-state index in [4.69, 9.17) is 14.6 Å². The molecule has 94 valence electrons. The molecule has 0 saturated carbocycles. The van der Waals surface area contributed by atoms with Crippen molar-refractivity contribution in [3.63, 3.8) is 0 Å². The van der Waals surface area contributed by atoms with Crippen LogP contribution in [0.1, 0.15) is 20.3 Å². The molecule has 2 aliphatic heterocycles. The van der Waals surface area contributed by atoms with Crippen LogP contribution in [0.4, 0.5) is 13.2 Å². The first-order chi connectivity index (χ1) is 7.06. The van der Waals surface area contributed by atoms with Crippen molar-refractivity contribution in [2.24, 2.45) is 0 Å². The third-order valence-electron chi connectivity index (χ3n) is 2.63. The van der Waals surface area contributed by atoms with E-state index in [-0.39, 0.29) is 5.60 Å². The molecule has 2 unspecified atom stereocenters. The number of carboxylic acid groups (broad SMARTS) is 1. The van der Waals surface area contributed by atoms with E-state index in [0.29, 0.717) is 5.54 Å². The zero-order valence-electron chi connectivity index (χ0n) is 9.02. The lowest BCUT2D eigenvalue weighted by molar-refractivity contribution is -0.192. The van der Waals surface area contributed by atoms with Gasteiger partial charge in [-0.1, -0.05) is 0 Å². The molecule has 2 aliphatic rings. The molecule has 2 heterocycles. The highest BCUT2D eigenvalue weighted by Gasteiger charge is 2.49. The Balaban J connectivity index is 0.000000168. The summed E-state index contributed by atoms with van der Waals surface area (Å²) in [5, 5.41) is 10.6. The molecule has 2 saturated heterocycles. The van der Waals surface area contributed by atoms with Gasteiger partial charge in [0.25, 0.3) is 0 Å². The number of fused-ring (bicyclic) bond motifs is 2. The highest BCUT2D eigenvalue weighted by atomic mass is 19.4. The second-order valence-electron chi connectivity index (χ2n) is 4.63. The first-order valence-electron chi connectivity index (χ1n) is 4.76. The Kier molecular flexibility index (Phi) is 3.22. The predicted molar refractivity (Wildman–Crippen MR) is 49.1 cm³/mol. The largest absolute Gasteiger partial charge is 0.490 e. The van der Waals surface area contributed by atoms with Gasteiger partial charge in [0.2, 0.25) is 0 Å². The quantitative estimate of drug-likeness (QED) is 0.668. The minimum Gasteiger partial charge on any atom is -0.475 e. The molecule has 0 aromatic rings. The van der Waals surface area contributed by atoms with Gasteiger partial charge in [-0.05, 0) is 20.3 Å². The van der Waals surface area contributed by atoms with Crippen LogP contribution in [-0.2, 0) is 9.53 Å².